The Kier molecular flexibility index (Phi) is 9.81. The van der Waals surface area contributed by atoms with Gasteiger partial charge in [0.1, 0.15) is 5.65 Å². The van der Waals surface area contributed by atoms with Crippen LogP contribution < -0.4 is 21.1 Å². The van der Waals surface area contributed by atoms with Gasteiger partial charge in [-0.1, -0.05) is 24.3 Å². The Balaban J connectivity index is 0.896. The minimum atomic E-state index is -3.70. The summed E-state index contributed by atoms with van der Waals surface area (Å²) in [4.78, 5) is 51.6. The lowest BCUT2D eigenvalue weighted by Gasteiger charge is -2.36. The second kappa shape index (κ2) is 14.4. The Morgan fingerprint density at radius 2 is 1.67 bits per heavy atom. The van der Waals surface area contributed by atoms with Crippen LogP contribution in [0.25, 0.3) is 11.0 Å². The summed E-state index contributed by atoms with van der Waals surface area (Å²) in [6.45, 7) is 4.56. The molecule has 0 saturated carbocycles. The zero-order chi connectivity index (χ0) is 35.7. The van der Waals surface area contributed by atoms with Crippen molar-refractivity contribution in [1.29, 1.82) is 0 Å². The number of halogens is 2. The van der Waals surface area contributed by atoms with Crippen LogP contribution >= 0.6 is 0 Å². The fraction of sp³-hybridized carbons (Fsp3) is 0.400. The molecule has 3 aliphatic heterocycles. The fourth-order valence-corrected chi connectivity index (χ4v) is 8.42. The molecule has 7 rings (SSSR count). The Morgan fingerprint density at radius 1 is 0.922 bits per heavy atom. The number of carbonyl (C=O) groups is 2. The van der Waals surface area contributed by atoms with Gasteiger partial charge < -0.3 is 15.2 Å². The maximum Gasteiger partial charge on any atom is 0.269 e. The Morgan fingerprint density at radius 3 is 2.37 bits per heavy atom. The van der Waals surface area contributed by atoms with Gasteiger partial charge in [-0.05, 0) is 60.7 Å². The van der Waals surface area contributed by atoms with E-state index in [9.17, 15) is 31.6 Å². The Labute approximate surface area is 293 Å². The maximum atomic E-state index is 13.5. The quantitative estimate of drug-likeness (QED) is 0.219. The standard InChI is InChI=1S/C35H38F2N8O5S/c36-31(37)29-19-24-20-38-35(42-32(24)41-34(29)48)39-25-10-12-45(13-11-25)51(49,50)27-6-4-22(5-7-27)21-43-14-16-44(17-15-43)26-3-1-2-23(18-26)28-8-9-30(46)40-33(28)47/h1-7,18-20,25,28,31H,8-17,21H2,(H,40,46,47)(H2,38,39,41,42,48). The minimum absolute atomic E-state index is 0.113. The molecule has 5 heterocycles. The lowest BCUT2D eigenvalue weighted by Crippen LogP contribution is -2.46. The van der Waals surface area contributed by atoms with Crippen LogP contribution in [-0.4, -0.2) is 89.7 Å². The van der Waals surface area contributed by atoms with Crippen molar-refractivity contribution in [2.75, 3.05) is 49.5 Å². The van der Waals surface area contributed by atoms with Crippen molar-refractivity contribution in [3.05, 3.63) is 87.8 Å². The first-order valence-corrected chi connectivity index (χ1v) is 18.4. The van der Waals surface area contributed by atoms with Crippen molar-refractivity contribution in [1.82, 2.24) is 29.5 Å². The van der Waals surface area contributed by atoms with Gasteiger partial charge in [-0.2, -0.15) is 9.29 Å². The topological polar surface area (TPSA) is 161 Å². The SMILES string of the molecule is O=C1CCC(c2cccc(N3CCN(Cc4ccc(S(=O)(=O)N5CCC(Nc6ncc7cc(C(F)F)c(=O)[nH]c7n6)CC5)cc4)CC3)c2)C(=O)N1. The number of H-pyrrole nitrogens is 1. The first-order chi connectivity index (χ1) is 24.5. The molecule has 1 unspecified atom stereocenters. The molecule has 0 bridgehead atoms. The molecule has 2 aromatic carbocycles. The number of imide groups is 1. The first kappa shape index (κ1) is 34.6. The zero-order valence-electron chi connectivity index (χ0n) is 27.7. The number of rotatable bonds is 9. The summed E-state index contributed by atoms with van der Waals surface area (Å²) in [5.41, 5.74) is 1.59. The van der Waals surface area contributed by atoms with Crippen LogP contribution in [0.4, 0.5) is 20.4 Å². The lowest BCUT2D eigenvalue weighted by atomic mass is 9.90. The molecule has 0 spiro atoms. The molecule has 51 heavy (non-hydrogen) atoms. The summed E-state index contributed by atoms with van der Waals surface area (Å²) in [5.74, 6) is -0.556. The van der Waals surface area contributed by atoms with Crippen LogP contribution in [0.3, 0.4) is 0 Å². The highest BCUT2D eigenvalue weighted by atomic mass is 32.2. The van der Waals surface area contributed by atoms with Gasteiger partial charge in [-0.25, -0.2) is 22.2 Å². The molecule has 3 fully saturated rings. The number of aromatic nitrogens is 3. The summed E-state index contributed by atoms with van der Waals surface area (Å²) in [6, 6.07) is 16.0. The van der Waals surface area contributed by atoms with Crippen LogP contribution in [0.15, 0.2) is 70.5 Å². The van der Waals surface area contributed by atoms with Gasteiger partial charge in [0, 0.05) is 75.5 Å². The predicted octanol–water partition coefficient (Wildman–Crippen LogP) is 3.36. The monoisotopic (exact) mass is 720 g/mol. The molecule has 2 amide bonds. The van der Waals surface area contributed by atoms with E-state index in [1.807, 2.05) is 36.4 Å². The molecule has 4 aromatic rings. The molecule has 16 heteroatoms. The van der Waals surface area contributed by atoms with Gasteiger partial charge in [0.2, 0.25) is 27.8 Å². The number of alkyl halides is 2. The van der Waals surface area contributed by atoms with E-state index >= 15 is 0 Å². The molecular weight excluding hydrogens is 682 g/mol. The van der Waals surface area contributed by atoms with Crippen LogP contribution in [-0.2, 0) is 26.2 Å². The van der Waals surface area contributed by atoms with E-state index in [2.05, 4.69) is 35.4 Å². The maximum absolute atomic E-state index is 13.5. The molecular formula is C35H38F2N8O5S. The Hall–Kier alpha value is -4.80. The van der Waals surface area contributed by atoms with E-state index in [0.29, 0.717) is 45.3 Å². The molecule has 13 nitrogen and oxygen atoms in total. The molecule has 0 aliphatic carbocycles. The third-order valence-corrected chi connectivity index (χ3v) is 11.8. The van der Waals surface area contributed by atoms with E-state index < -0.39 is 27.6 Å². The molecule has 1 atom stereocenters. The second-order valence-electron chi connectivity index (χ2n) is 13.2. The van der Waals surface area contributed by atoms with Gasteiger partial charge in [0.05, 0.1) is 16.4 Å². The van der Waals surface area contributed by atoms with Gasteiger partial charge in [-0.3, -0.25) is 24.6 Å². The number of piperidine rings is 2. The number of sulfonamides is 1. The van der Waals surface area contributed by atoms with Crippen molar-refractivity contribution in [3.63, 3.8) is 0 Å². The van der Waals surface area contributed by atoms with Crippen LogP contribution in [0.2, 0.25) is 0 Å². The van der Waals surface area contributed by atoms with E-state index in [1.165, 1.54) is 10.5 Å². The molecule has 268 valence electrons. The van der Waals surface area contributed by atoms with E-state index in [4.69, 9.17) is 0 Å². The van der Waals surface area contributed by atoms with E-state index in [-0.39, 0.29) is 45.7 Å². The van der Waals surface area contributed by atoms with Gasteiger partial charge in [0.25, 0.3) is 12.0 Å². The molecule has 3 aliphatic rings. The summed E-state index contributed by atoms with van der Waals surface area (Å²) in [6.07, 6.45) is 0.332. The second-order valence-corrected chi connectivity index (χ2v) is 15.1. The van der Waals surface area contributed by atoms with Crippen molar-refractivity contribution in [2.45, 2.75) is 55.5 Å². The number of fused-ring (bicyclic) bond motifs is 1. The molecule has 3 N–H and O–H groups in total. The largest absolute Gasteiger partial charge is 0.369 e. The van der Waals surface area contributed by atoms with Crippen molar-refractivity contribution >= 4 is 44.5 Å². The number of nitrogens with one attached hydrogen (secondary N) is 3. The molecule has 3 saturated heterocycles. The number of pyridine rings is 1. The van der Waals surface area contributed by atoms with Crippen molar-refractivity contribution in [2.24, 2.45) is 0 Å². The van der Waals surface area contributed by atoms with Crippen LogP contribution in [0, 0.1) is 0 Å². The third kappa shape index (κ3) is 7.62. The van der Waals surface area contributed by atoms with Crippen molar-refractivity contribution in [3.8, 4) is 0 Å². The number of hydrogen-bond donors (Lipinski definition) is 3. The summed E-state index contributed by atoms with van der Waals surface area (Å²) < 4.78 is 54.5. The lowest BCUT2D eigenvalue weighted by molar-refractivity contribution is -0.134. The number of carbonyl (C=O) groups excluding carboxylic acids is 2. The zero-order valence-corrected chi connectivity index (χ0v) is 28.5. The summed E-state index contributed by atoms with van der Waals surface area (Å²) >= 11 is 0. The van der Waals surface area contributed by atoms with Gasteiger partial charge in [0.15, 0.2) is 0 Å². The van der Waals surface area contributed by atoms with Gasteiger partial charge >= 0.3 is 0 Å². The summed E-state index contributed by atoms with van der Waals surface area (Å²) in [7, 11) is -3.70. The number of amides is 2. The highest BCUT2D eigenvalue weighted by molar-refractivity contribution is 7.89. The average Bonchev–Trinajstić information content (AvgIpc) is 3.12. The smallest absolute Gasteiger partial charge is 0.269 e. The van der Waals surface area contributed by atoms with E-state index in [0.717, 1.165) is 49.1 Å². The number of hydrogen-bond acceptors (Lipinski definition) is 10. The molecule has 2 aromatic heterocycles. The number of anilines is 2. The Bertz CT molecular complexity index is 2100. The number of benzene rings is 2. The van der Waals surface area contributed by atoms with Gasteiger partial charge in [-0.15, -0.1) is 0 Å². The summed E-state index contributed by atoms with van der Waals surface area (Å²) in [5, 5.41) is 5.90. The van der Waals surface area contributed by atoms with E-state index in [1.54, 1.807) is 12.1 Å². The van der Waals surface area contributed by atoms with Crippen LogP contribution in [0.5, 0.6) is 0 Å². The number of nitrogens with zero attached hydrogens (tertiary/aromatic N) is 5. The number of aromatic amines is 1. The number of piperazine rings is 1. The first-order valence-electron chi connectivity index (χ1n) is 17.0. The normalized spacial score (nSPS) is 19.8. The third-order valence-electron chi connectivity index (χ3n) is 9.86. The fourth-order valence-electron chi connectivity index (χ4n) is 6.95. The van der Waals surface area contributed by atoms with Crippen LogP contribution in [0.1, 0.15) is 54.7 Å². The minimum Gasteiger partial charge on any atom is -0.369 e. The predicted molar refractivity (Wildman–Crippen MR) is 186 cm³/mol. The highest BCUT2D eigenvalue weighted by Crippen LogP contribution is 2.29. The van der Waals surface area contributed by atoms with Crippen molar-refractivity contribution < 1.29 is 26.8 Å². The highest BCUT2D eigenvalue weighted by Gasteiger charge is 2.31. The average molecular weight is 721 g/mol. The molecule has 0 radical (unpaired) electrons.